The molecule has 0 saturated carbocycles. The van der Waals surface area contributed by atoms with Gasteiger partial charge in [-0.05, 0) is 38.1 Å². The summed E-state index contributed by atoms with van der Waals surface area (Å²) in [5.41, 5.74) is -2.60. The zero-order chi connectivity index (χ0) is 21.1. The monoisotopic (exact) mass is 409 g/mol. The van der Waals surface area contributed by atoms with E-state index in [9.17, 15) is 31.1 Å². The molecular weight excluding hydrogens is 392 g/mol. The smallest absolute Gasteiger partial charge is 0.433 e. The molecule has 1 aromatic carbocycles. The molecule has 1 aromatic heterocycles. The van der Waals surface area contributed by atoms with Crippen LogP contribution in [-0.2, 0) is 12.4 Å². The van der Waals surface area contributed by atoms with Crippen LogP contribution in [0.1, 0.15) is 41.5 Å². The molecule has 0 aliphatic heterocycles. The summed E-state index contributed by atoms with van der Waals surface area (Å²) in [6, 6.07) is 3.30. The first-order valence-electron chi connectivity index (χ1n) is 8.14. The zero-order valence-electron chi connectivity index (χ0n) is 14.9. The summed E-state index contributed by atoms with van der Waals surface area (Å²) in [5.74, 6) is -0.846. The molecular formula is C17H17F6N3O2. The van der Waals surface area contributed by atoms with E-state index in [2.05, 4.69) is 10.4 Å². The first kappa shape index (κ1) is 21.6. The van der Waals surface area contributed by atoms with Gasteiger partial charge < -0.3 is 10.1 Å². The van der Waals surface area contributed by atoms with E-state index in [-0.39, 0.29) is 18.9 Å². The highest BCUT2D eigenvalue weighted by atomic mass is 19.4. The minimum Gasteiger partial charge on any atom is -0.492 e. The SMILES string of the molecule is CC(C)n1ncc(C(=O)NCCOc2ccc(C(F)(F)F)cc2)c1C(F)(F)F. The Morgan fingerprint density at radius 1 is 1.11 bits per heavy atom. The minimum atomic E-state index is -4.76. The van der Waals surface area contributed by atoms with Crippen LogP contribution in [0.15, 0.2) is 30.5 Å². The quantitative estimate of drug-likeness (QED) is 0.572. The number of alkyl halides is 6. The fourth-order valence-electron chi connectivity index (χ4n) is 2.37. The molecule has 0 fully saturated rings. The molecule has 0 spiro atoms. The molecule has 28 heavy (non-hydrogen) atoms. The molecule has 1 heterocycles. The van der Waals surface area contributed by atoms with Crippen LogP contribution in [0.3, 0.4) is 0 Å². The third kappa shape index (κ3) is 5.17. The van der Waals surface area contributed by atoms with Crippen molar-refractivity contribution in [1.29, 1.82) is 0 Å². The average molecular weight is 409 g/mol. The predicted octanol–water partition coefficient (Wildman–Crippen LogP) is 4.31. The van der Waals surface area contributed by atoms with Gasteiger partial charge in [-0.1, -0.05) is 0 Å². The van der Waals surface area contributed by atoms with Crippen molar-refractivity contribution >= 4 is 5.91 Å². The number of amides is 1. The van der Waals surface area contributed by atoms with Gasteiger partial charge in [0.05, 0.1) is 23.9 Å². The maximum Gasteiger partial charge on any atom is 0.433 e. The number of nitrogens with zero attached hydrogens (tertiary/aromatic N) is 2. The minimum absolute atomic E-state index is 0.130. The molecule has 2 rings (SSSR count). The molecule has 5 nitrogen and oxygen atoms in total. The van der Waals surface area contributed by atoms with Gasteiger partial charge in [0.25, 0.3) is 5.91 Å². The summed E-state index contributed by atoms with van der Waals surface area (Å²) >= 11 is 0. The fourth-order valence-corrected chi connectivity index (χ4v) is 2.37. The number of hydrogen-bond acceptors (Lipinski definition) is 3. The van der Waals surface area contributed by atoms with Gasteiger partial charge in [0.2, 0.25) is 0 Å². The number of hydrogen-bond donors (Lipinski definition) is 1. The summed E-state index contributed by atoms with van der Waals surface area (Å²) in [7, 11) is 0. The molecule has 1 N–H and O–H groups in total. The van der Waals surface area contributed by atoms with Crippen molar-refractivity contribution in [2.75, 3.05) is 13.2 Å². The maximum absolute atomic E-state index is 13.2. The lowest BCUT2D eigenvalue weighted by Crippen LogP contribution is -2.30. The third-order valence-corrected chi connectivity index (χ3v) is 3.64. The Bertz CT molecular complexity index is 810. The van der Waals surface area contributed by atoms with Gasteiger partial charge in [0, 0.05) is 6.04 Å². The topological polar surface area (TPSA) is 56.2 Å². The van der Waals surface area contributed by atoms with Crippen LogP contribution in [0.5, 0.6) is 5.75 Å². The summed E-state index contributed by atoms with van der Waals surface area (Å²) in [6.45, 7) is 2.71. The average Bonchev–Trinajstić information content (AvgIpc) is 3.04. The van der Waals surface area contributed by atoms with Crippen molar-refractivity contribution < 1.29 is 35.9 Å². The van der Waals surface area contributed by atoms with Gasteiger partial charge in [-0.25, -0.2) is 0 Å². The van der Waals surface area contributed by atoms with Crippen molar-refractivity contribution in [3.05, 3.63) is 47.3 Å². The van der Waals surface area contributed by atoms with Gasteiger partial charge in [0.15, 0.2) is 5.69 Å². The van der Waals surface area contributed by atoms with E-state index in [0.717, 1.165) is 30.5 Å². The number of carbonyl (C=O) groups excluding carboxylic acids is 1. The Labute approximate surface area is 156 Å². The molecule has 0 unspecified atom stereocenters. The van der Waals surface area contributed by atoms with Gasteiger partial charge in [0.1, 0.15) is 12.4 Å². The number of benzene rings is 1. The Hall–Kier alpha value is -2.72. The van der Waals surface area contributed by atoms with Gasteiger partial charge in [-0.2, -0.15) is 31.4 Å². The van der Waals surface area contributed by atoms with Crippen LogP contribution >= 0.6 is 0 Å². The van der Waals surface area contributed by atoms with Crippen LogP contribution < -0.4 is 10.1 Å². The lowest BCUT2D eigenvalue weighted by atomic mass is 10.2. The van der Waals surface area contributed by atoms with Crippen molar-refractivity contribution in [3.8, 4) is 5.75 Å². The second-order valence-corrected chi connectivity index (χ2v) is 6.07. The number of ether oxygens (including phenoxy) is 1. The lowest BCUT2D eigenvalue weighted by Gasteiger charge is -2.15. The van der Waals surface area contributed by atoms with Crippen LogP contribution in [0, 0.1) is 0 Å². The summed E-state index contributed by atoms with van der Waals surface area (Å²) in [5, 5.41) is 5.89. The van der Waals surface area contributed by atoms with Crippen LogP contribution in [-0.4, -0.2) is 28.8 Å². The van der Waals surface area contributed by atoms with E-state index in [1.54, 1.807) is 0 Å². The van der Waals surface area contributed by atoms with Crippen LogP contribution in [0.4, 0.5) is 26.3 Å². The molecule has 0 bridgehead atoms. The molecule has 0 atom stereocenters. The lowest BCUT2D eigenvalue weighted by molar-refractivity contribution is -0.145. The Balaban J connectivity index is 1.95. The van der Waals surface area contributed by atoms with E-state index in [0.29, 0.717) is 4.68 Å². The molecule has 0 saturated heterocycles. The van der Waals surface area contributed by atoms with Gasteiger partial charge in [-0.3, -0.25) is 9.48 Å². The number of nitrogens with one attached hydrogen (secondary N) is 1. The predicted molar refractivity (Wildman–Crippen MR) is 86.9 cm³/mol. The number of rotatable bonds is 6. The second-order valence-electron chi connectivity index (χ2n) is 6.07. The van der Waals surface area contributed by atoms with E-state index in [1.807, 2.05) is 0 Å². The highest BCUT2D eigenvalue weighted by Crippen LogP contribution is 2.33. The molecule has 2 aromatic rings. The van der Waals surface area contributed by atoms with Gasteiger partial charge in [-0.15, -0.1) is 0 Å². The Kier molecular flexibility index (Phi) is 6.25. The molecule has 11 heteroatoms. The number of aromatic nitrogens is 2. The molecule has 0 radical (unpaired) electrons. The number of carbonyl (C=O) groups is 1. The standard InChI is InChI=1S/C17H17F6N3O2/c1-10(2)26-14(17(21,22)23)13(9-25-26)15(27)24-7-8-28-12-5-3-11(4-6-12)16(18,19)20/h3-6,9-10H,7-8H2,1-2H3,(H,24,27). The first-order valence-corrected chi connectivity index (χ1v) is 8.14. The second kappa shape index (κ2) is 8.11. The third-order valence-electron chi connectivity index (χ3n) is 3.64. The molecule has 1 amide bonds. The fraction of sp³-hybridized carbons (Fsp3) is 0.412. The van der Waals surface area contributed by atoms with E-state index in [4.69, 9.17) is 4.74 Å². The van der Waals surface area contributed by atoms with Gasteiger partial charge >= 0.3 is 12.4 Å². The first-order chi connectivity index (χ1) is 12.9. The summed E-state index contributed by atoms with van der Waals surface area (Å²) < 4.78 is 83.0. The van der Waals surface area contributed by atoms with Crippen LogP contribution in [0.25, 0.3) is 0 Å². The summed E-state index contributed by atoms with van der Waals surface area (Å²) in [6.07, 6.45) is -8.39. The molecule has 0 aliphatic rings. The molecule has 154 valence electrons. The van der Waals surface area contributed by atoms with Crippen LogP contribution in [0.2, 0.25) is 0 Å². The van der Waals surface area contributed by atoms with Crippen molar-refractivity contribution in [1.82, 2.24) is 15.1 Å². The Morgan fingerprint density at radius 3 is 2.21 bits per heavy atom. The van der Waals surface area contributed by atoms with E-state index in [1.165, 1.54) is 13.8 Å². The van der Waals surface area contributed by atoms with Crippen molar-refractivity contribution in [2.45, 2.75) is 32.2 Å². The largest absolute Gasteiger partial charge is 0.492 e. The maximum atomic E-state index is 13.2. The summed E-state index contributed by atoms with van der Waals surface area (Å²) in [4.78, 5) is 12.1. The number of halogens is 6. The normalized spacial score (nSPS) is 12.3. The Morgan fingerprint density at radius 2 is 1.71 bits per heavy atom. The van der Waals surface area contributed by atoms with Crippen molar-refractivity contribution in [3.63, 3.8) is 0 Å². The van der Waals surface area contributed by atoms with E-state index < -0.39 is 41.1 Å². The molecule has 0 aliphatic carbocycles. The highest BCUT2D eigenvalue weighted by Gasteiger charge is 2.40. The highest BCUT2D eigenvalue weighted by molar-refractivity contribution is 5.95. The van der Waals surface area contributed by atoms with Crippen molar-refractivity contribution in [2.24, 2.45) is 0 Å². The van der Waals surface area contributed by atoms with E-state index >= 15 is 0 Å². The zero-order valence-corrected chi connectivity index (χ0v) is 14.9.